The van der Waals surface area contributed by atoms with Gasteiger partial charge in [0, 0.05) is 19.3 Å². The lowest BCUT2D eigenvalue weighted by atomic mass is 10.0. The van der Waals surface area contributed by atoms with E-state index in [0.717, 1.165) is 122 Å². The molecule has 65 heavy (non-hydrogen) atoms. The van der Waals surface area contributed by atoms with E-state index in [0.29, 0.717) is 19.3 Å². The molecule has 0 radical (unpaired) electrons. The number of unbranched alkanes of at least 4 members (excludes halogenated alkanes) is 23. The molecule has 0 aliphatic carbocycles. The van der Waals surface area contributed by atoms with E-state index in [1.54, 1.807) is 0 Å². The molecule has 0 N–H and O–H groups in total. The zero-order valence-electron chi connectivity index (χ0n) is 42.5. The van der Waals surface area contributed by atoms with E-state index in [9.17, 15) is 14.4 Å². The van der Waals surface area contributed by atoms with Gasteiger partial charge < -0.3 is 14.2 Å². The molecule has 6 heteroatoms. The van der Waals surface area contributed by atoms with Gasteiger partial charge >= 0.3 is 17.9 Å². The minimum Gasteiger partial charge on any atom is -0.462 e. The summed E-state index contributed by atoms with van der Waals surface area (Å²) in [5, 5.41) is 0. The molecule has 0 aromatic carbocycles. The van der Waals surface area contributed by atoms with Gasteiger partial charge in [0.1, 0.15) is 13.2 Å². The molecule has 1 atom stereocenters. The van der Waals surface area contributed by atoms with Gasteiger partial charge in [0.2, 0.25) is 0 Å². The third-order valence-electron chi connectivity index (χ3n) is 11.4. The summed E-state index contributed by atoms with van der Waals surface area (Å²) in [6.45, 7) is 6.38. The summed E-state index contributed by atoms with van der Waals surface area (Å²) in [7, 11) is 0. The van der Waals surface area contributed by atoms with E-state index in [1.165, 1.54) is 89.9 Å². The standard InChI is InChI=1S/C59H100O6/c1-4-7-10-13-16-19-22-25-27-28-29-30-32-34-37-40-43-46-49-52-58(61)64-55-56(54-63-57(60)51-48-45-42-39-36-33-24-21-18-15-12-9-6-3)65-59(62)53-50-47-44-41-38-35-31-26-23-20-17-14-11-8-5-2/h7,9-10,12,16,18-19,21,25,27,29-30,33,36,56H,4-6,8,11,13-15,17,20,22-24,26,28,31-32,34-35,37-55H2,1-3H3/b10-7-,12-9-,19-16-,21-18-,27-25-,30-29-,36-33-. The molecule has 0 aliphatic heterocycles. The number of hydrogen-bond acceptors (Lipinski definition) is 6. The second-order valence-corrected chi connectivity index (χ2v) is 17.7. The first kappa shape index (κ1) is 61.6. The largest absolute Gasteiger partial charge is 0.462 e. The SMILES string of the molecule is CC/C=C\C/C=C\C/C=C\C/C=C\CCCCCCCCC(=O)OCC(COC(=O)CCCCC/C=C\C/C=C\C/C=C\CC)OC(=O)CCCCCCCCCCCCCCCCC. The van der Waals surface area contributed by atoms with Crippen LogP contribution in [0.3, 0.4) is 0 Å². The molecular weight excluding hydrogens is 805 g/mol. The predicted molar refractivity (Wildman–Crippen MR) is 279 cm³/mol. The van der Waals surface area contributed by atoms with Crippen molar-refractivity contribution >= 4 is 17.9 Å². The number of allylic oxidation sites excluding steroid dienone is 14. The summed E-state index contributed by atoms with van der Waals surface area (Å²) in [6, 6.07) is 0. The third-order valence-corrected chi connectivity index (χ3v) is 11.4. The molecule has 0 aromatic heterocycles. The van der Waals surface area contributed by atoms with Crippen molar-refractivity contribution < 1.29 is 28.6 Å². The summed E-state index contributed by atoms with van der Waals surface area (Å²) in [5.74, 6) is -0.931. The normalized spacial score (nSPS) is 12.7. The van der Waals surface area contributed by atoms with Crippen LogP contribution in [0.25, 0.3) is 0 Å². The zero-order chi connectivity index (χ0) is 47.2. The monoisotopic (exact) mass is 905 g/mol. The van der Waals surface area contributed by atoms with Crippen LogP contribution in [0.15, 0.2) is 85.1 Å². The number of rotatable bonds is 48. The summed E-state index contributed by atoms with van der Waals surface area (Å²) >= 11 is 0. The van der Waals surface area contributed by atoms with Crippen LogP contribution >= 0.6 is 0 Å². The maximum Gasteiger partial charge on any atom is 0.306 e. The van der Waals surface area contributed by atoms with E-state index >= 15 is 0 Å². The Balaban J connectivity index is 4.42. The van der Waals surface area contributed by atoms with Crippen molar-refractivity contribution in [2.45, 2.75) is 258 Å². The molecule has 0 bridgehead atoms. The van der Waals surface area contributed by atoms with Crippen molar-refractivity contribution in [1.29, 1.82) is 0 Å². The van der Waals surface area contributed by atoms with E-state index in [1.807, 2.05) is 0 Å². The van der Waals surface area contributed by atoms with Crippen molar-refractivity contribution in [3.8, 4) is 0 Å². The topological polar surface area (TPSA) is 78.9 Å². The molecule has 0 aromatic rings. The Morgan fingerprint density at radius 1 is 0.323 bits per heavy atom. The average Bonchev–Trinajstić information content (AvgIpc) is 3.30. The van der Waals surface area contributed by atoms with Crippen LogP contribution in [-0.2, 0) is 28.6 Å². The maximum atomic E-state index is 12.8. The highest BCUT2D eigenvalue weighted by Gasteiger charge is 2.19. The highest BCUT2D eigenvalue weighted by molar-refractivity contribution is 5.71. The van der Waals surface area contributed by atoms with Crippen LogP contribution in [0.5, 0.6) is 0 Å². The van der Waals surface area contributed by atoms with Gasteiger partial charge in [-0.05, 0) is 89.9 Å². The second-order valence-electron chi connectivity index (χ2n) is 17.7. The average molecular weight is 905 g/mol. The van der Waals surface area contributed by atoms with Gasteiger partial charge in [-0.25, -0.2) is 0 Å². The zero-order valence-corrected chi connectivity index (χ0v) is 42.5. The smallest absolute Gasteiger partial charge is 0.306 e. The summed E-state index contributed by atoms with van der Waals surface area (Å²) in [6.07, 6.45) is 68.5. The van der Waals surface area contributed by atoms with Crippen LogP contribution in [0, 0.1) is 0 Å². The summed E-state index contributed by atoms with van der Waals surface area (Å²) < 4.78 is 16.8. The molecule has 0 fully saturated rings. The molecule has 0 heterocycles. The van der Waals surface area contributed by atoms with Crippen molar-refractivity contribution in [2.24, 2.45) is 0 Å². The Kier molecular flexibility index (Phi) is 50.4. The Labute approximate surface area is 401 Å². The highest BCUT2D eigenvalue weighted by atomic mass is 16.6. The fourth-order valence-electron chi connectivity index (χ4n) is 7.39. The van der Waals surface area contributed by atoms with Gasteiger partial charge in [-0.3, -0.25) is 14.4 Å². The van der Waals surface area contributed by atoms with Crippen LogP contribution in [0.1, 0.15) is 252 Å². The Hall–Kier alpha value is -3.41. The van der Waals surface area contributed by atoms with Gasteiger partial charge in [0.15, 0.2) is 6.10 Å². The van der Waals surface area contributed by atoms with Gasteiger partial charge in [-0.15, -0.1) is 0 Å². The first-order valence-corrected chi connectivity index (χ1v) is 27.1. The van der Waals surface area contributed by atoms with Crippen molar-refractivity contribution in [1.82, 2.24) is 0 Å². The number of carbonyl (C=O) groups excluding carboxylic acids is 3. The lowest BCUT2D eigenvalue weighted by Crippen LogP contribution is -2.30. The molecule has 372 valence electrons. The first-order valence-electron chi connectivity index (χ1n) is 27.1. The summed E-state index contributed by atoms with van der Waals surface area (Å²) in [5.41, 5.74) is 0. The van der Waals surface area contributed by atoms with Gasteiger partial charge in [0.25, 0.3) is 0 Å². The van der Waals surface area contributed by atoms with E-state index in [-0.39, 0.29) is 31.1 Å². The molecule has 0 rings (SSSR count). The number of hydrogen-bond donors (Lipinski definition) is 0. The Morgan fingerprint density at radius 3 is 0.954 bits per heavy atom. The summed E-state index contributed by atoms with van der Waals surface area (Å²) in [4.78, 5) is 38.0. The first-order chi connectivity index (χ1) is 32.0. The Morgan fingerprint density at radius 2 is 0.600 bits per heavy atom. The molecule has 0 aliphatic rings. The van der Waals surface area contributed by atoms with Gasteiger partial charge in [-0.1, -0.05) is 228 Å². The molecule has 0 saturated heterocycles. The molecule has 0 amide bonds. The van der Waals surface area contributed by atoms with E-state index < -0.39 is 6.10 Å². The number of carbonyl (C=O) groups is 3. The van der Waals surface area contributed by atoms with Crippen LogP contribution in [0.2, 0.25) is 0 Å². The van der Waals surface area contributed by atoms with Gasteiger partial charge in [-0.2, -0.15) is 0 Å². The van der Waals surface area contributed by atoms with Gasteiger partial charge in [0.05, 0.1) is 0 Å². The van der Waals surface area contributed by atoms with E-state index in [2.05, 4.69) is 106 Å². The Bertz CT molecular complexity index is 1270. The minimum absolute atomic E-state index is 0.0923. The van der Waals surface area contributed by atoms with Crippen molar-refractivity contribution in [2.75, 3.05) is 13.2 Å². The number of ether oxygens (including phenoxy) is 3. The highest BCUT2D eigenvalue weighted by Crippen LogP contribution is 2.15. The molecule has 1 unspecified atom stereocenters. The predicted octanol–water partition coefficient (Wildman–Crippen LogP) is 18.0. The maximum absolute atomic E-state index is 12.8. The van der Waals surface area contributed by atoms with Crippen molar-refractivity contribution in [3.63, 3.8) is 0 Å². The number of esters is 3. The quantitative estimate of drug-likeness (QED) is 0.0262. The fraction of sp³-hybridized carbons (Fsp3) is 0.712. The molecular formula is C59H100O6. The second kappa shape index (κ2) is 53.2. The van der Waals surface area contributed by atoms with Crippen LogP contribution in [-0.4, -0.2) is 37.2 Å². The molecule has 0 spiro atoms. The minimum atomic E-state index is -0.793. The molecule has 0 saturated carbocycles. The lowest BCUT2D eigenvalue weighted by Gasteiger charge is -2.18. The third kappa shape index (κ3) is 51.4. The van der Waals surface area contributed by atoms with Crippen LogP contribution in [0.4, 0.5) is 0 Å². The fourth-order valence-corrected chi connectivity index (χ4v) is 7.39. The lowest BCUT2D eigenvalue weighted by molar-refractivity contribution is -0.167. The van der Waals surface area contributed by atoms with Crippen molar-refractivity contribution in [3.05, 3.63) is 85.1 Å². The van der Waals surface area contributed by atoms with Crippen LogP contribution < -0.4 is 0 Å². The molecule has 6 nitrogen and oxygen atoms in total. The van der Waals surface area contributed by atoms with E-state index in [4.69, 9.17) is 14.2 Å².